The first-order chi connectivity index (χ1) is 20.4. The van der Waals surface area contributed by atoms with Gasteiger partial charge in [0.15, 0.2) is 17.2 Å². The Morgan fingerprint density at radius 2 is 1.95 bits per heavy atom. The van der Waals surface area contributed by atoms with Gasteiger partial charge in [-0.15, -0.1) is 10.2 Å². The molecule has 42 heavy (non-hydrogen) atoms. The second kappa shape index (κ2) is 10.5. The van der Waals surface area contributed by atoms with E-state index in [2.05, 4.69) is 53.0 Å². The zero-order valence-electron chi connectivity index (χ0n) is 23.1. The highest BCUT2D eigenvalue weighted by atomic mass is 16.3. The molecule has 1 amide bonds. The number of Topliss-reactive ketones (excluding diaryl/α,β-unsaturated/α-hetero) is 1. The average Bonchev–Trinajstić information content (AvgIpc) is 3.63. The van der Waals surface area contributed by atoms with Gasteiger partial charge in [-0.3, -0.25) is 19.5 Å². The molecule has 3 aromatic heterocycles. The molecule has 12 heteroatoms. The number of piperazine rings is 1. The molecule has 0 spiro atoms. The molecule has 0 radical (unpaired) electrons. The summed E-state index contributed by atoms with van der Waals surface area (Å²) in [5.41, 5.74) is 3.86. The lowest BCUT2D eigenvalue weighted by Gasteiger charge is -2.52. The van der Waals surface area contributed by atoms with Crippen LogP contribution in [0.5, 0.6) is 0 Å². The largest absolute Gasteiger partial charge is 0.436 e. The molecule has 5 aromatic rings. The summed E-state index contributed by atoms with van der Waals surface area (Å²) in [5.74, 6) is 0.737. The monoisotopic (exact) mass is 563 g/mol. The van der Waals surface area contributed by atoms with Crippen molar-refractivity contribution in [3.05, 3.63) is 83.9 Å². The third-order valence-electron chi connectivity index (χ3n) is 7.93. The van der Waals surface area contributed by atoms with Gasteiger partial charge >= 0.3 is 0 Å². The van der Waals surface area contributed by atoms with Crippen LogP contribution < -0.4 is 10.6 Å². The van der Waals surface area contributed by atoms with Crippen LogP contribution in [-0.4, -0.2) is 71.4 Å². The first-order valence-electron chi connectivity index (χ1n) is 13.9. The molecule has 0 aliphatic carbocycles. The SMILES string of the molecule is CC(=O)Nc1ccc2oc(-c3ccnc(C(=O)C4NC5CCC4N(C(c4ccccc4)c4nnn(C)n4)C5)c3)nc2c1. The molecule has 8 rings (SSSR count). The number of oxazole rings is 1. The van der Waals surface area contributed by atoms with Crippen LogP contribution >= 0.6 is 0 Å². The number of aromatic nitrogens is 6. The van der Waals surface area contributed by atoms with E-state index in [9.17, 15) is 9.59 Å². The van der Waals surface area contributed by atoms with E-state index in [1.807, 2.05) is 18.2 Å². The summed E-state index contributed by atoms with van der Waals surface area (Å²) < 4.78 is 5.98. The van der Waals surface area contributed by atoms with Crippen LogP contribution in [0, 0.1) is 0 Å². The standard InChI is InChI=1S/C30H29N9O3/c1-17(40)32-20-9-11-25-22(15-20)34-30(42-25)19-12-13-31-23(14-19)28(41)26-24-10-8-21(33-26)16-39(24)27(18-6-4-3-5-7-18)29-35-37-38(2)36-29/h3-7,9,11-15,21,24,26-27,33H,8,10,16H2,1-2H3,(H,32,40). The summed E-state index contributed by atoms with van der Waals surface area (Å²) in [6.45, 7) is 2.22. The van der Waals surface area contributed by atoms with E-state index in [1.54, 1.807) is 43.6 Å². The normalized spacial score (nSPS) is 21.0. The highest BCUT2D eigenvalue weighted by Crippen LogP contribution is 2.37. The number of pyridine rings is 1. The number of hydrogen-bond acceptors (Lipinski definition) is 10. The predicted molar refractivity (Wildman–Crippen MR) is 153 cm³/mol. The summed E-state index contributed by atoms with van der Waals surface area (Å²) in [7, 11) is 1.76. The number of aryl methyl sites for hydroxylation is 1. The Kier molecular flexibility index (Phi) is 6.56. The second-order valence-corrected chi connectivity index (χ2v) is 10.8. The summed E-state index contributed by atoms with van der Waals surface area (Å²) >= 11 is 0. The van der Waals surface area contributed by atoms with Gasteiger partial charge in [0.1, 0.15) is 11.2 Å². The van der Waals surface area contributed by atoms with Gasteiger partial charge < -0.3 is 15.1 Å². The highest BCUT2D eigenvalue weighted by molar-refractivity contribution is 6.00. The van der Waals surface area contributed by atoms with E-state index in [4.69, 9.17) is 4.42 Å². The number of fused-ring (bicyclic) bond motifs is 4. The zero-order valence-corrected chi connectivity index (χ0v) is 23.1. The van der Waals surface area contributed by atoms with Gasteiger partial charge in [-0.2, -0.15) is 4.80 Å². The lowest BCUT2D eigenvalue weighted by atomic mass is 9.82. The quantitative estimate of drug-likeness (QED) is 0.283. The molecular formula is C30H29N9O3. The zero-order chi connectivity index (χ0) is 28.8. The highest BCUT2D eigenvalue weighted by Gasteiger charge is 2.47. The number of piperidine rings is 2. The second-order valence-electron chi connectivity index (χ2n) is 10.8. The number of nitrogens with one attached hydrogen (secondary N) is 2. The Morgan fingerprint density at radius 3 is 2.71 bits per heavy atom. The van der Waals surface area contributed by atoms with Gasteiger partial charge in [-0.1, -0.05) is 30.3 Å². The molecule has 2 aromatic carbocycles. The van der Waals surface area contributed by atoms with E-state index < -0.39 is 6.04 Å². The van der Waals surface area contributed by atoms with Crippen molar-refractivity contribution >= 4 is 28.5 Å². The van der Waals surface area contributed by atoms with E-state index in [1.165, 1.54) is 11.7 Å². The number of benzene rings is 2. The number of tetrazole rings is 1. The Hall–Kier alpha value is -4.81. The fourth-order valence-electron chi connectivity index (χ4n) is 6.15. The molecule has 3 saturated heterocycles. The molecule has 3 aliphatic rings. The molecule has 0 saturated carbocycles. The van der Waals surface area contributed by atoms with Gasteiger partial charge in [-0.05, 0) is 54.0 Å². The minimum absolute atomic E-state index is 0.0841. The van der Waals surface area contributed by atoms with Crippen molar-refractivity contribution in [2.45, 2.75) is 43.9 Å². The molecule has 12 nitrogen and oxygen atoms in total. The van der Waals surface area contributed by atoms with Crippen LogP contribution in [0.4, 0.5) is 5.69 Å². The smallest absolute Gasteiger partial charge is 0.227 e. The number of carbonyl (C=O) groups excluding carboxylic acids is 2. The van der Waals surface area contributed by atoms with E-state index in [-0.39, 0.29) is 29.8 Å². The average molecular weight is 564 g/mol. The van der Waals surface area contributed by atoms with E-state index in [0.717, 1.165) is 24.9 Å². The van der Waals surface area contributed by atoms with Crippen molar-refractivity contribution < 1.29 is 14.0 Å². The molecule has 4 unspecified atom stereocenters. The Balaban J connectivity index is 1.19. The fraction of sp³-hybridized carbons (Fsp3) is 0.300. The third-order valence-corrected chi connectivity index (χ3v) is 7.93. The molecule has 2 N–H and O–H groups in total. The fourth-order valence-corrected chi connectivity index (χ4v) is 6.15. The summed E-state index contributed by atoms with van der Waals surface area (Å²) in [4.78, 5) is 38.4. The minimum Gasteiger partial charge on any atom is -0.436 e. The van der Waals surface area contributed by atoms with Crippen molar-refractivity contribution in [1.29, 1.82) is 0 Å². The van der Waals surface area contributed by atoms with E-state index in [0.29, 0.717) is 39.8 Å². The van der Waals surface area contributed by atoms with Crippen molar-refractivity contribution in [2.24, 2.45) is 7.05 Å². The molecule has 4 atom stereocenters. The van der Waals surface area contributed by atoms with Crippen LogP contribution in [0.1, 0.15) is 47.7 Å². The van der Waals surface area contributed by atoms with Crippen molar-refractivity contribution in [3.8, 4) is 11.5 Å². The maximum Gasteiger partial charge on any atom is 0.227 e. The summed E-state index contributed by atoms with van der Waals surface area (Å²) in [6.07, 6.45) is 3.45. The number of nitrogens with zero attached hydrogens (tertiary/aromatic N) is 7. The van der Waals surface area contributed by atoms with Crippen LogP contribution in [0.3, 0.4) is 0 Å². The molecule has 3 fully saturated rings. The van der Waals surface area contributed by atoms with Gasteiger partial charge in [0.25, 0.3) is 0 Å². The van der Waals surface area contributed by atoms with Crippen molar-refractivity contribution in [3.63, 3.8) is 0 Å². The van der Waals surface area contributed by atoms with Gasteiger partial charge in [0.2, 0.25) is 11.8 Å². The summed E-state index contributed by atoms with van der Waals surface area (Å²) in [6, 6.07) is 18.3. The Labute approximate surface area is 241 Å². The number of amides is 1. The predicted octanol–water partition coefficient (Wildman–Crippen LogP) is 3.15. The summed E-state index contributed by atoms with van der Waals surface area (Å²) in [5, 5.41) is 19.4. The van der Waals surface area contributed by atoms with Crippen LogP contribution in [0.25, 0.3) is 22.6 Å². The molecule has 212 valence electrons. The first-order valence-corrected chi connectivity index (χ1v) is 13.9. The van der Waals surface area contributed by atoms with Crippen LogP contribution in [-0.2, 0) is 11.8 Å². The molecule has 3 aliphatic heterocycles. The lowest BCUT2D eigenvalue weighted by molar-refractivity contribution is -0.114. The van der Waals surface area contributed by atoms with Crippen molar-refractivity contribution in [2.75, 3.05) is 11.9 Å². The topological polar surface area (TPSA) is 144 Å². The number of anilines is 1. The Morgan fingerprint density at radius 1 is 1.10 bits per heavy atom. The number of carbonyl (C=O) groups is 2. The molecule has 6 heterocycles. The first kappa shape index (κ1) is 26.1. The van der Waals surface area contributed by atoms with E-state index >= 15 is 0 Å². The maximum absolute atomic E-state index is 14.0. The number of ketones is 1. The van der Waals surface area contributed by atoms with Gasteiger partial charge in [0.05, 0.1) is 19.1 Å². The molecule has 2 bridgehead atoms. The lowest BCUT2D eigenvalue weighted by Crippen LogP contribution is -2.69. The number of hydrogen-bond donors (Lipinski definition) is 2. The van der Waals surface area contributed by atoms with Gasteiger partial charge in [-0.25, -0.2) is 4.98 Å². The number of rotatable bonds is 7. The molecular weight excluding hydrogens is 534 g/mol. The van der Waals surface area contributed by atoms with Crippen molar-refractivity contribution in [1.82, 2.24) is 40.4 Å². The minimum atomic E-state index is -0.452. The van der Waals surface area contributed by atoms with Gasteiger partial charge in [0, 0.05) is 43.0 Å². The third kappa shape index (κ3) is 4.84. The van der Waals surface area contributed by atoms with Crippen LogP contribution in [0.15, 0.2) is 71.3 Å². The maximum atomic E-state index is 14.0. The van der Waals surface area contributed by atoms with Crippen LogP contribution in [0.2, 0.25) is 0 Å². The Bertz CT molecular complexity index is 1780.